The molecule has 25 heavy (non-hydrogen) atoms. The van der Waals surface area contributed by atoms with E-state index in [2.05, 4.69) is 54.1 Å². The Hall–Kier alpha value is -3.20. The number of rotatable bonds is 2. The largest absolute Gasteiger partial charge is 0.270 e. The van der Waals surface area contributed by atoms with Gasteiger partial charge in [0.15, 0.2) is 12.7 Å². The second-order valence-corrected chi connectivity index (χ2v) is 6.60. The van der Waals surface area contributed by atoms with Crippen molar-refractivity contribution in [3.05, 3.63) is 94.4 Å². The van der Waals surface area contributed by atoms with E-state index in [1.54, 1.807) is 6.07 Å². The van der Waals surface area contributed by atoms with Crippen LogP contribution in [-0.2, 0) is 6.54 Å². The van der Waals surface area contributed by atoms with Gasteiger partial charge in [-0.15, -0.1) is 0 Å². The number of pyridine rings is 2. The highest BCUT2D eigenvalue weighted by Gasteiger charge is 2.19. The van der Waals surface area contributed by atoms with E-state index in [4.69, 9.17) is 0 Å². The van der Waals surface area contributed by atoms with Crippen molar-refractivity contribution in [2.24, 2.45) is 0 Å². The van der Waals surface area contributed by atoms with Crippen molar-refractivity contribution >= 4 is 27.3 Å². The summed E-state index contributed by atoms with van der Waals surface area (Å²) in [5.74, 6) is 0. The highest BCUT2D eigenvalue weighted by Crippen LogP contribution is 2.28. The molecule has 0 N–H and O–H groups in total. The molecule has 0 radical (unpaired) electrons. The third-order valence-electron chi connectivity index (χ3n) is 4.96. The highest BCUT2D eigenvalue weighted by atomic mass is 16.1. The summed E-state index contributed by atoms with van der Waals surface area (Å²) < 4.78 is 4.05. The molecule has 0 aliphatic carbocycles. The summed E-state index contributed by atoms with van der Waals surface area (Å²) in [5, 5.41) is 2.25. The minimum atomic E-state index is 0.0202. The first-order valence-electron chi connectivity index (χ1n) is 8.46. The number of benzene rings is 2. The topological polar surface area (TPSA) is 25.4 Å². The fraction of sp³-hybridized carbons (Fsp3) is 0.0909. The van der Waals surface area contributed by atoms with Crippen LogP contribution in [0.2, 0.25) is 0 Å². The van der Waals surface area contributed by atoms with Gasteiger partial charge in [-0.05, 0) is 13.0 Å². The summed E-state index contributed by atoms with van der Waals surface area (Å²) in [6, 6.07) is 22.4. The van der Waals surface area contributed by atoms with Gasteiger partial charge in [-0.3, -0.25) is 9.20 Å². The van der Waals surface area contributed by atoms with Gasteiger partial charge in [0.2, 0.25) is 5.52 Å². The molecule has 3 heteroatoms. The molecule has 5 rings (SSSR count). The predicted molar refractivity (Wildman–Crippen MR) is 100 cm³/mol. The third kappa shape index (κ3) is 2.06. The molecule has 0 unspecified atom stereocenters. The van der Waals surface area contributed by atoms with Crippen molar-refractivity contribution in [1.29, 1.82) is 0 Å². The minimum Gasteiger partial charge on any atom is -0.270 e. The maximum Gasteiger partial charge on any atom is 0.256 e. The molecule has 120 valence electrons. The molecule has 2 aromatic carbocycles. The zero-order valence-electron chi connectivity index (χ0n) is 13.9. The molecule has 0 bridgehead atoms. The summed E-state index contributed by atoms with van der Waals surface area (Å²) >= 11 is 0. The summed E-state index contributed by atoms with van der Waals surface area (Å²) in [6.07, 6.45) is 2.12. The lowest BCUT2D eigenvalue weighted by Crippen LogP contribution is -2.35. The number of aromatic nitrogens is 2. The molecule has 0 aliphatic heterocycles. The van der Waals surface area contributed by atoms with E-state index in [0.717, 1.165) is 33.9 Å². The Morgan fingerprint density at radius 2 is 1.68 bits per heavy atom. The van der Waals surface area contributed by atoms with Gasteiger partial charge in [0.25, 0.3) is 5.56 Å². The van der Waals surface area contributed by atoms with Crippen LogP contribution >= 0.6 is 0 Å². The van der Waals surface area contributed by atoms with Crippen LogP contribution in [0.1, 0.15) is 11.1 Å². The molecular weight excluding hydrogens is 308 g/mol. The molecule has 0 saturated carbocycles. The molecule has 5 aromatic rings. The number of fused-ring (bicyclic) bond motifs is 3. The summed E-state index contributed by atoms with van der Waals surface area (Å²) in [5.41, 5.74) is 5.58. The standard InChI is InChI=1S/C22H17N2O/c1-15-6-8-16(9-7-15)14-23-13-12-18-17-4-2-3-5-19(17)24-21(25)11-10-20(23)22(18)24/h2-13H,14H2,1H3/q+1. The lowest BCUT2D eigenvalue weighted by atomic mass is 10.1. The van der Waals surface area contributed by atoms with Crippen LogP contribution in [0.4, 0.5) is 0 Å². The Kier molecular flexibility index (Phi) is 2.92. The van der Waals surface area contributed by atoms with E-state index in [9.17, 15) is 4.79 Å². The van der Waals surface area contributed by atoms with E-state index in [1.165, 1.54) is 11.1 Å². The first kappa shape index (κ1) is 14.2. The van der Waals surface area contributed by atoms with E-state index >= 15 is 0 Å². The normalized spacial score (nSPS) is 11.7. The molecule has 0 spiro atoms. The number of hydrogen-bond acceptors (Lipinski definition) is 1. The second-order valence-electron chi connectivity index (χ2n) is 6.60. The lowest BCUT2D eigenvalue weighted by Gasteiger charge is -2.03. The Bertz CT molecular complexity index is 1280. The van der Waals surface area contributed by atoms with Crippen LogP contribution in [0.25, 0.3) is 27.3 Å². The van der Waals surface area contributed by atoms with Crippen LogP contribution in [0, 0.1) is 6.92 Å². The maximum absolute atomic E-state index is 12.5. The van der Waals surface area contributed by atoms with E-state index in [0.29, 0.717) is 0 Å². The van der Waals surface area contributed by atoms with Gasteiger partial charge < -0.3 is 0 Å². The van der Waals surface area contributed by atoms with Crippen molar-refractivity contribution in [2.45, 2.75) is 13.5 Å². The molecule has 3 heterocycles. The van der Waals surface area contributed by atoms with Crippen LogP contribution in [0.5, 0.6) is 0 Å². The average Bonchev–Trinajstić information content (AvgIpc) is 2.97. The van der Waals surface area contributed by atoms with Gasteiger partial charge in [0.1, 0.15) is 5.52 Å². The van der Waals surface area contributed by atoms with Gasteiger partial charge in [0, 0.05) is 34.5 Å². The van der Waals surface area contributed by atoms with Crippen molar-refractivity contribution in [3.8, 4) is 0 Å². The molecule has 0 atom stereocenters. The van der Waals surface area contributed by atoms with Crippen molar-refractivity contribution in [2.75, 3.05) is 0 Å². The number of hydrogen-bond donors (Lipinski definition) is 0. The van der Waals surface area contributed by atoms with Crippen molar-refractivity contribution in [1.82, 2.24) is 4.40 Å². The van der Waals surface area contributed by atoms with E-state index in [1.807, 2.05) is 28.7 Å². The first-order valence-corrected chi connectivity index (χ1v) is 8.46. The molecule has 3 nitrogen and oxygen atoms in total. The smallest absolute Gasteiger partial charge is 0.256 e. The number of nitrogens with zero attached hydrogens (tertiary/aromatic N) is 2. The summed E-state index contributed by atoms with van der Waals surface area (Å²) in [6.45, 7) is 2.88. The Labute approximate surface area is 144 Å². The molecule has 0 saturated heterocycles. The number of aryl methyl sites for hydroxylation is 1. The maximum atomic E-state index is 12.5. The SMILES string of the molecule is Cc1ccc(C[n+]2ccc3c4ccccc4n4c(=O)ccc2c34)cc1. The van der Waals surface area contributed by atoms with Crippen LogP contribution in [-0.4, -0.2) is 4.40 Å². The Balaban J connectivity index is 1.83. The Morgan fingerprint density at radius 3 is 2.52 bits per heavy atom. The number of para-hydroxylation sites is 1. The molecule has 0 aliphatic rings. The first-order chi connectivity index (χ1) is 12.2. The zero-order valence-corrected chi connectivity index (χ0v) is 13.9. The average molecular weight is 325 g/mol. The van der Waals surface area contributed by atoms with Gasteiger partial charge in [0.05, 0.1) is 5.52 Å². The lowest BCUT2D eigenvalue weighted by molar-refractivity contribution is -0.662. The third-order valence-corrected chi connectivity index (χ3v) is 4.96. The van der Waals surface area contributed by atoms with Gasteiger partial charge in [-0.2, -0.15) is 4.57 Å². The zero-order chi connectivity index (χ0) is 17.0. The monoisotopic (exact) mass is 325 g/mol. The van der Waals surface area contributed by atoms with Gasteiger partial charge in [-0.25, -0.2) is 0 Å². The summed E-state index contributed by atoms with van der Waals surface area (Å²) in [4.78, 5) is 12.5. The molecule has 3 aromatic heterocycles. The van der Waals surface area contributed by atoms with E-state index in [-0.39, 0.29) is 5.56 Å². The van der Waals surface area contributed by atoms with Crippen molar-refractivity contribution < 1.29 is 4.57 Å². The van der Waals surface area contributed by atoms with Gasteiger partial charge >= 0.3 is 0 Å². The molecule has 0 amide bonds. The second kappa shape index (κ2) is 5.15. The van der Waals surface area contributed by atoms with Crippen LogP contribution in [0.3, 0.4) is 0 Å². The van der Waals surface area contributed by atoms with E-state index < -0.39 is 0 Å². The van der Waals surface area contributed by atoms with Crippen LogP contribution in [0.15, 0.2) is 77.7 Å². The highest BCUT2D eigenvalue weighted by molar-refractivity contribution is 6.11. The summed E-state index contributed by atoms with van der Waals surface area (Å²) in [7, 11) is 0. The fourth-order valence-electron chi connectivity index (χ4n) is 3.72. The predicted octanol–water partition coefficient (Wildman–Crippen LogP) is 3.69. The Morgan fingerprint density at radius 1 is 0.880 bits per heavy atom. The van der Waals surface area contributed by atoms with Crippen LogP contribution < -0.4 is 10.1 Å². The quantitative estimate of drug-likeness (QED) is 0.455. The van der Waals surface area contributed by atoms with Gasteiger partial charge in [-0.1, -0.05) is 48.0 Å². The fourth-order valence-corrected chi connectivity index (χ4v) is 3.72. The molecular formula is C22H17N2O+. The van der Waals surface area contributed by atoms with Crippen molar-refractivity contribution in [3.63, 3.8) is 0 Å². The molecule has 0 fully saturated rings. The minimum absolute atomic E-state index is 0.0202.